The Bertz CT molecular complexity index is 756. The summed E-state index contributed by atoms with van der Waals surface area (Å²) in [4.78, 5) is 0. The topological polar surface area (TPSA) is 80.8 Å². The van der Waals surface area contributed by atoms with Crippen molar-refractivity contribution in [2.45, 2.75) is 117 Å². The summed E-state index contributed by atoms with van der Waals surface area (Å²) in [6.07, 6.45) is 28.9. The van der Waals surface area contributed by atoms with E-state index in [2.05, 4.69) is 126 Å². The summed E-state index contributed by atoms with van der Waals surface area (Å²) in [6, 6.07) is 18.7. The molecule has 3 aromatic rings. The third-order valence-corrected chi connectivity index (χ3v) is 6.14. The first-order valence-electron chi connectivity index (χ1n) is 15.3. The van der Waals surface area contributed by atoms with Crippen LogP contribution in [-0.2, 0) is 19.6 Å². The molecular weight excluding hydrogens is 497 g/mol. The monoisotopic (exact) mass is 551 g/mol. The van der Waals surface area contributed by atoms with Crippen molar-refractivity contribution in [2.75, 3.05) is 0 Å². The van der Waals surface area contributed by atoms with Gasteiger partial charge >= 0.3 is 0 Å². The molecule has 222 valence electrons. The predicted molar refractivity (Wildman–Crippen MR) is 158 cm³/mol. The van der Waals surface area contributed by atoms with E-state index in [1.807, 2.05) is 0 Å². The van der Waals surface area contributed by atoms with E-state index >= 15 is 0 Å². The molecule has 0 atom stereocenters. The second-order valence-electron chi connectivity index (χ2n) is 9.81. The van der Waals surface area contributed by atoms with Crippen LogP contribution in [0.15, 0.2) is 91.8 Å². The second kappa shape index (κ2) is 29.4. The fraction of sp³-hybridized carbons (Fsp3) is 0.545. The van der Waals surface area contributed by atoms with Crippen molar-refractivity contribution >= 4 is 7.32 Å². The largest absolute Gasteiger partial charge is 0.907 e. The van der Waals surface area contributed by atoms with Gasteiger partial charge in [-0.2, -0.15) is 0 Å². The SMILES string of the molecule is CCCCCC[n+]1ccccc1.CCCCCC[n+]1ccccc1.CCCCCC[n+]1ccccc1.[O-]B([O-])[O-]. The van der Waals surface area contributed by atoms with Crippen molar-refractivity contribution in [1.29, 1.82) is 0 Å². The lowest BCUT2D eigenvalue weighted by Gasteiger charge is -2.35. The first-order valence-corrected chi connectivity index (χ1v) is 15.3. The fourth-order valence-corrected chi connectivity index (χ4v) is 3.91. The van der Waals surface area contributed by atoms with Crippen LogP contribution in [0.25, 0.3) is 0 Å². The van der Waals surface area contributed by atoms with Gasteiger partial charge in [0, 0.05) is 55.7 Å². The van der Waals surface area contributed by atoms with Crippen molar-refractivity contribution < 1.29 is 28.8 Å². The summed E-state index contributed by atoms with van der Waals surface area (Å²) >= 11 is 0. The van der Waals surface area contributed by atoms with Crippen molar-refractivity contribution in [2.24, 2.45) is 0 Å². The molecule has 0 fully saturated rings. The Kier molecular flexibility index (Phi) is 27.5. The molecule has 0 bridgehead atoms. The van der Waals surface area contributed by atoms with Gasteiger partial charge in [-0.05, 0) is 19.3 Å². The molecule has 0 spiro atoms. The smallest absolute Gasteiger partial charge is 0.168 e. The Labute approximate surface area is 245 Å². The minimum absolute atomic E-state index is 1.17. The summed E-state index contributed by atoms with van der Waals surface area (Å²) in [6.45, 7) is 10.2. The molecule has 0 N–H and O–H groups in total. The molecule has 0 amide bonds. The molecular formula is C33H54BN3O3. The van der Waals surface area contributed by atoms with Crippen LogP contribution in [0.5, 0.6) is 0 Å². The summed E-state index contributed by atoms with van der Waals surface area (Å²) in [5, 5.41) is 25.2. The average Bonchev–Trinajstić information content (AvgIpc) is 2.98. The quantitative estimate of drug-likeness (QED) is 0.164. The van der Waals surface area contributed by atoms with E-state index < -0.39 is 7.32 Å². The lowest BCUT2D eigenvalue weighted by molar-refractivity contribution is -0.697. The molecule has 3 rings (SSSR count). The van der Waals surface area contributed by atoms with Gasteiger partial charge in [-0.1, -0.05) is 77.5 Å². The third-order valence-electron chi connectivity index (χ3n) is 6.14. The highest BCUT2D eigenvalue weighted by atomic mass is 16.5. The van der Waals surface area contributed by atoms with Crippen molar-refractivity contribution in [3.63, 3.8) is 0 Å². The van der Waals surface area contributed by atoms with Crippen molar-refractivity contribution in [1.82, 2.24) is 0 Å². The molecule has 7 heteroatoms. The first kappa shape index (κ1) is 37.4. The Hall–Kier alpha value is -2.61. The van der Waals surface area contributed by atoms with E-state index in [1.54, 1.807) is 0 Å². The molecule has 40 heavy (non-hydrogen) atoms. The van der Waals surface area contributed by atoms with Gasteiger partial charge < -0.3 is 15.1 Å². The lowest BCUT2D eigenvalue weighted by Crippen LogP contribution is -2.56. The summed E-state index contributed by atoms with van der Waals surface area (Å²) in [5.41, 5.74) is 0. The van der Waals surface area contributed by atoms with Crippen LogP contribution < -0.4 is 28.8 Å². The number of rotatable bonds is 15. The summed E-state index contributed by atoms with van der Waals surface area (Å²) < 4.78 is 6.74. The highest BCUT2D eigenvalue weighted by Crippen LogP contribution is 1.99. The van der Waals surface area contributed by atoms with E-state index in [0.717, 1.165) is 0 Å². The van der Waals surface area contributed by atoms with Crippen molar-refractivity contribution in [3.8, 4) is 0 Å². The van der Waals surface area contributed by atoms with Crippen LogP contribution in [0.3, 0.4) is 0 Å². The minimum atomic E-state index is -2.92. The van der Waals surface area contributed by atoms with Crippen LogP contribution >= 0.6 is 0 Å². The van der Waals surface area contributed by atoms with E-state index in [0.29, 0.717) is 0 Å². The molecule has 0 aliphatic rings. The van der Waals surface area contributed by atoms with E-state index in [1.165, 1.54) is 96.7 Å². The number of aromatic nitrogens is 3. The highest BCUT2D eigenvalue weighted by Gasteiger charge is 1.97. The predicted octanol–water partition coefficient (Wildman–Crippen LogP) is 3.72. The Morgan fingerprint density at radius 3 is 0.800 bits per heavy atom. The molecule has 0 aromatic carbocycles. The van der Waals surface area contributed by atoms with Gasteiger partial charge in [-0.25, -0.2) is 13.7 Å². The minimum Gasteiger partial charge on any atom is -0.907 e. The fourth-order valence-electron chi connectivity index (χ4n) is 3.91. The zero-order chi connectivity index (χ0) is 29.5. The van der Waals surface area contributed by atoms with Gasteiger partial charge in [-0.3, -0.25) is 7.32 Å². The molecule has 0 aliphatic carbocycles. The normalized spacial score (nSPS) is 9.75. The number of nitrogens with zero attached hydrogens (tertiary/aromatic N) is 3. The maximum Gasteiger partial charge on any atom is 0.168 e. The molecule has 0 radical (unpaired) electrons. The lowest BCUT2D eigenvalue weighted by atomic mass is 10.2. The van der Waals surface area contributed by atoms with E-state index in [9.17, 15) is 0 Å². The first-order chi connectivity index (χ1) is 19.5. The Morgan fingerprint density at radius 2 is 0.600 bits per heavy atom. The molecule has 0 aliphatic heterocycles. The number of unbranched alkanes of at least 4 members (excludes halogenated alkanes) is 9. The Balaban J connectivity index is 0.000000534. The van der Waals surface area contributed by atoms with Crippen molar-refractivity contribution in [3.05, 3.63) is 91.8 Å². The molecule has 0 unspecified atom stereocenters. The second-order valence-corrected chi connectivity index (χ2v) is 9.81. The zero-order valence-corrected chi connectivity index (χ0v) is 25.4. The highest BCUT2D eigenvalue weighted by molar-refractivity contribution is 6.24. The van der Waals surface area contributed by atoms with Crippen LogP contribution in [0.4, 0.5) is 0 Å². The van der Waals surface area contributed by atoms with Gasteiger partial charge in [0.2, 0.25) is 0 Å². The average molecular weight is 552 g/mol. The van der Waals surface area contributed by atoms with Gasteiger partial charge in [0.25, 0.3) is 0 Å². The maximum absolute atomic E-state index is 8.42. The third kappa shape index (κ3) is 27.0. The standard InChI is InChI=1S/3C11H18N.BO3/c3*1-2-3-4-6-9-12-10-7-5-8-11-12;2-1(3)4/h3*5,7-8,10-11H,2-4,6,9H2,1H3;/q3*+1;-3. The summed E-state index contributed by atoms with van der Waals surface area (Å²) in [5.74, 6) is 0. The number of pyridine rings is 3. The van der Waals surface area contributed by atoms with Crippen LogP contribution in [0, 0.1) is 0 Å². The van der Waals surface area contributed by atoms with Gasteiger partial charge in [0.05, 0.1) is 0 Å². The van der Waals surface area contributed by atoms with Gasteiger partial charge in [0.15, 0.2) is 37.2 Å². The van der Waals surface area contributed by atoms with Crippen LogP contribution in [0.2, 0.25) is 0 Å². The number of hydrogen-bond acceptors (Lipinski definition) is 3. The van der Waals surface area contributed by atoms with Gasteiger partial charge in [0.1, 0.15) is 19.6 Å². The van der Waals surface area contributed by atoms with Crippen LogP contribution in [-0.4, -0.2) is 7.32 Å². The zero-order valence-electron chi connectivity index (χ0n) is 25.4. The molecule has 3 heterocycles. The number of aryl methyl sites for hydroxylation is 3. The molecule has 3 aromatic heterocycles. The van der Waals surface area contributed by atoms with E-state index in [-0.39, 0.29) is 0 Å². The molecule has 0 saturated heterocycles. The van der Waals surface area contributed by atoms with Gasteiger partial charge in [-0.15, -0.1) is 0 Å². The Morgan fingerprint density at radius 1 is 0.375 bits per heavy atom. The number of hydrogen-bond donors (Lipinski definition) is 0. The van der Waals surface area contributed by atoms with E-state index in [4.69, 9.17) is 15.1 Å². The summed E-state index contributed by atoms with van der Waals surface area (Å²) in [7, 11) is -2.92. The molecule has 6 nitrogen and oxygen atoms in total. The van der Waals surface area contributed by atoms with Crippen LogP contribution in [0.1, 0.15) is 97.8 Å². The maximum atomic E-state index is 8.42. The molecule has 0 saturated carbocycles.